The Balaban J connectivity index is 0.000000841. The molecule has 0 unspecified atom stereocenters. The third-order valence-electron chi connectivity index (χ3n) is 4.15. The molecule has 2 aromatic carbocycles. The topological polar surface area (TPSA) is 65.0 Å². The summed E-state index contributed by atoms with van der Waals surface area (Å²) in [6.07, 6.45) is 3.90. The number of hydrogen-bond acceptors (Lipinski definition) is 5. The maximum Gasteiger partial charge on any atom is 0.230 e. The van der Waals surface area contributed by atoms with Gasteiger partial charge in [0.05, 0.1) is 10.9 Å². The fourth-order valence-corrected chi connectivity index (χ4v) is 2.84. The van der Waals surface area contributed by atoms with Crippen LogP contribution in [0.1, 0.15) is 52.8 Å². The van der Waals surface area contributed by atoms with Crippen molar-refractivity contribution in [3.63, 3.8) is 0 Å². The Morgan fingerprint density at radius 3 is 2.06 bits per heavy atom. The number of benzene rings is 2. The van der Waals surface area contributed by atoms with Gasteiger partial charge >= 0.3 is 0 Å². The summed E-state index contributed by atoms with van der Waals surface area (Å²) in [5.41, 5.74) is 2.56. The third kappa shape index (κ3) is 8.81. The first kappa shape index (κ1) is 27.4. The van der Waals surface area contributed by atoms with Gasteiger partial charge in [0.1, 0.15) is 17.9 Å². The molecule has 2 heterocycles. The number of ether oxygens (including phenoxy) is 1. The van der Waals surface area contributed by atoms with E-state index in [1.807, 2.05) is 108 Å². The molecule has 0 aliphatic carbocycles. The van der Waals surface area contributed by atoms with Crippen LogP contribution in [0.2, 0.25) is 0 Å². The highest BCUT2D eigenvalue weighted by molar-refractivity contribution is 5.83. The summed E-state index contributed by atoms with van der Waals surface area (Å²) in [7, 11) is 0. The molecule has 4 aromatic rings. The fourth-order valence-electron chi connectivity index (χ4n) is 2.84. The van der Waals surface area contributed by atoms with E-state index in [-0.39, 0.29) is 5.78 Å². The molecule has 0 amide bonds. The van der Waals surface area contributed by atoms with Crippen molar-refractivity contribution in [3.8, 4) is 11.6 Å². The van der Waals surface area contributed by atoms with Crippen LogP contribution >= 0.6 is 0 Å². The first-order chi connectivity index (χ1) is 16.3. The summed E-state index contributed by atoms with van der Waals surface area (Å²) in [4.78, 5) is 24.9. The molecule has 0 saturated carbocycles. The minimum absolute atomic E-state index is 0.129. The van der Waals surface area contributed by atoms with Crippen molar-refractivity contribution in [2.45, 2.75) is 54.4 Å². The van der Waals surface area contributed by atoms with Crippen molar-refractivity contribution < 1.29 is 9.53 Å². The van der Waals surface area contributed by atoms with Gasteiger partial charge in [0, 0.05) is 24.7 Å². The van der Waals surface area contributed by atoms with Crippen molar-refractivity contribution >= 4 is 16.7 Å². The molecule has 5 nitrogen and oxygen atoms in total. The SMILES string of the molecule is CC.CC.CC.O=C(Cc1ccc(Oc2ncnc3ccccc23)cc1)Cc1ccccn1. The molecule has 0 aliphatic rings. The van der Waals surface area contributed by atoms with Crippen LogP contribution in [0.4, 0.5) is 0 Å². The predicted molar refractivity (Wildman–Crippen MR) is 137 cm³/mol. The van der Waals surface area contributed by atoms with Crippen molar-refractivity contribution in [3.05, 3.63) is 90.5 Å². The number of Topliss-reactive ketones (excluding diaryl/α,β-unsaturated/α-hetero) is 1. The second kappa shape index (κ2) is 16.1. The van der Waals surface area contributed by atoms with E-state index >= 15 is 0 Å². The first-order valence-electron chi connectivity index (χ1n) is 11.7. The number of fused-ring (bicyclic) bond motifs is 1. The van der Waals surface area contributed by atoms with Gasteiger partial charge < -0.3 is 4.74 Å². The maximum absolute atomic E-state index is 12.2. The number of carbonyl (C=O) groups is 1. The Morgan fingerprint density at radius 2 is 1.39 bits per heavy atom. The van der Waals surface area contributed by atoms with E-state index in [0.29, 0.717) is 24.5 Å². The van der Waals surface area contributed by atoms with Crippen molar-refractivity contribution in [2.75, 3.05) is 0 Å². The molecule has 0 radical (unpaired) electrons. The molecular weight excluding hydrogens is 410 g/mol. The molecule has 5 heteroatoms. The Morgan fingerprint density at radius 1 is 0.727 bits per heavy atom. The van der Waals surface area contributed by atoms with Crippen LogP contribution in [0.5, 0.6) is 11.6 Å². The lowest BCUT2D eigenvalue weighted by Crippen LogP contribution is -2.07. The smallest absolute Gasteiger partial charge is 0.230 e. The molecule has 33 heavy (non-hydrogen) atoms. The molecule has 2 aromatic heterocycles. The minimum Gasteiger partial charge on any atom is -0.438 e. The van der Waals surface area contributed by atoms with E-state index in [9.17, 15) is 4.79 Å². The fraction of sp³-hybridized carbons (Fsp3) is 0.286. The zero-order valence-corrected chi connectivity index (χ0v) is 20.6. The molecular formula is C28H35N3O2. The zero-order valence-electron chi connectivity index (χ0n) is 20.6. The maximum atomic E-state index is 12.2. The average Bonchev–Trinajstić information content (AvgIpc) is 2.89. The number of aromatic nitrogens is 3. The summed E-state index contributed by atoms with van der Waals surface area (Å²) in [6.45, 7) is 12.0. The van der Waals surface area contributed by atoms with E-state index < -0.39 is 0 Å². The average molecular weight is 446 g/mol. The monoisotopic (exact) mass is 445 g/mol. The molecule has 0 aliphatic heterocycles. The molecule has 0 bridgehead atoms. The minimum atomic E-state index is 0.129. The number of para-hydroxylation sites is 1. The highest BCUT2D eigenvalue weighted by Gasteiger charge is 2.08. The van der Waals surface area contributed by atoms with Gasteiger partial charge in [-0.25, -0.2) is 9.97 Å². The quantitative estimate of drug-likeness (QED) is 0.313. The number of rotatable bonds is 6. The zero-order chi connectivity index (χ0) is 24.5. The number of hydrogen-bond donors (Lipinski definition) is 0. The van der Waals surface area contributed by atoms with Gasteiger partial charge in [-0.2, -0.15) is 0 Å². The Hall–Kier alpha value is -3.60. The molecule has 174 valence electrons. The highest BCUT2D eigenvalue weighted by Crippen LogP contribution is 2.26. The summed E-state index contributed by atoms with van der Waals surface area (Å²) in [5.74, 6) is 1.31. The Labute approximate surface area is 197 Å². The molecule has 0 fully saturated rings. The van der Waals surface area contributed by atoms with Crippen molar-refractivity contribution in [2.24, 2.45) is 0 Å². The van der Waals surface area contributed by atoms with E-state index in [0.717, 1.165) is 22.2 Å². The van der Waals surface area contributed by atoms with Crippen LogP contribution in [0.25, 0.3) is 10.9 Å². The number of ketones is 1. The normalized spacial score (nSPS) is 9.27. The van der Waals surface area contributed by atoms with Gasteiger partial charge in [0.25, 0.3) is 0 Å². The van der Waals surface area contributed by atoms with Gasteiger partial charge in [-0.15, -0.1) is 0 Å². The summed E-state index contributed by atoms with van der Waals surface area (Å²) in [5, 5.41) is 0.856. The molecule has 0 spiro atoms. The molecule has 0 atom stereocenters. The second-order valence-corrected chi connectivity index (χ2v) is 6.16. The van der Waals surface area contributed by atoms with Crippen LogP contribution in [0.3, 0.4) is 0 Å². The predicted octanol–water partition coefficient (Wildman–Crippen LogP) is 7.25. The van der Waals surface area contributed by atoms with E-state index in [2.05, 4.69) is 15.0 Å². The van der Waals surface area contributed by atoms with E-state index in [4.69, 9.17) is 4.74 Å². The van der Waals surface area contributed by atoms with Crippen molar-refractivity contribution in [1.82, 2.24) is 15.0 Å². The van der Waals surface area contributed by atoms with Gasteiger partial charge in [-0.1, -0.05) is 71.9 Å². The molecule has 0 saturated heterocycles. The Bertz CT molecular complexity index is 1060. The summed E-state index contributed by atoms with van der Waals surface area (Å²) in [6, 6.07) is 20.8. The second-order valence-electron chi connectivity index (χ2n) is 6.16. The van der Waals surface area contributed by atoms with E-state index in [1.54, 1.807) is 6.20 Å². The summed E-state index contributed by atoms with van der Waals surface area (Å²) >= 11 is 0. The lowest BCUT2D eigenvalue weighted by atomic mass is 10.1. The number of carbonyl (C=O) groups excluding carboxylic acids is 1. The van der Waals surface area contributed by atoms with Gasteiger partial charge in [-0.05, 0) is 42.0 Å². The van der Waals surface area contributed by atoms with Crippen LogP contribution in [-0.2, 0) is 17.6 Å². The molecule has 0 N–H and O–H groups in total. The van der Waals surface area contributed by atoms with Gasteiger partial charge in [0.15, 0.2) is 0 Å². The first-order valence-corrected chi connectivity index (χ1v) is 11.7. The van der Waals surface area contributed by atoms with Crippen LogP contribution in [0, 0.1) is 0 Å². The number of nitrogens with zero attached hydrogens (tertiary/aromatic N) is 3. The summed E-state index contributed by atoms with van der Waals surface area (Å²) < 4.78 is 5.90. The third-order valence-corrected chi connectivity index (χ3v) is 4.15. The Kier molecular flexibility index (Phi) is 13.4. The lowest BCUT2D eigenvalue weighted by Gasteiger charge is -2.08. The van der Waals surface area contributed by atoms with Crippen LogP contribution in [0.15, 0.2) is 79.3 Å². The van der Waals surface area contributed by atoms with Crippen LogP contribution < -0.4 is 4.74 Å². The van der Waals surface area contributed by atoms with Crippen LogP contribution in [-0.4, -0.2) is 20.7 Å². The van der Waals surface area contributed by atoms with Gasteiger partial charge in [0.2, 0.25) is 5.88 Å². The largest absolute Gasteiger partial charge is 0.438 e. The lowest BCUT2D eigenvalue weighted by molar-refractivity contribution is -0.117. The standard InChI is InChI=1S/C22H17N3O2.3C2H6/c26-18(14-17-5-3-4-12-23-17)13-16-8-10-19(11-9-16)27-22-20-6-1-2-7-21(20)24-15-25-22;3*1-2/h1-12,15H,13-14H2;3*1-2H3. The van der Waals surface area contributed by atoms with E-state index in [1.165, 1.54) is 6.33 Å². The highest BCUT2D eigenvalue weighted by atomic mass is 16.5. The molecule has 4 rings (SSSR count). The van der Waals surface area contributed by atoms with Gasteiger partial charge in [-0.3, -0.25) is 9.78 Å². The van der Waals surface area contributed by atoms with Crippen molar-refractivity contribution in [1.29, 1.82) is 0 Å². The number of pyridine rings is 1.